The van der Waals surface area contributed by atoms with Crippen molar-refractivity contribution >= 4 is 15.8 Å². The van der Waals surface area contributed by atoms with E-state index in [-0.39, 0.29) is 4.90 Å². The minimum absolute atomic E-state index is 0.199. The van der Waals surface area contributed by atoms with Gasteiger partial charge in [-0.1, -0.05) is 0 Å². The van der Waals surface area contributed by atoms with Crippen LogP contribution >= 0.6 is 0 Å². The number of hydrogen-bond donors (Lipinski definition) is 1. The van der Waals surface area contributed by atoms with Gasteiger partial charge in [0.1, 0.15) is 10.7 Å². The summed E-state index contributed by atoms with van der Waals surface area (Å²) in [5.41, 5.74) is 0. The maximum absolute atomic E-state index is 12.3. The second-order valence-electron chi connectivity index (χ2n) is 4.39. The Labute approximate surface area is 116 Å². The molecule has 3 rings (SSSR count). The molecule has 2 aromatic heterocycles. The van der Waals surface area contributed by atoms with E-state index in [9.17, 15) is 8.42 Å². The van der Waals surface area contributed by atoms with E-state index in [4.69, 9.17) is 0 Å². The third-order valence-corrected chi connectivity index (χ3v) is 5.09. The SMILES string of the molecule is O=S(=O)(c1cn[nH]c1)N1CCN(c2cnccn2)CC1. The summed E-state index contributed by atoms with van der Waals surface area (Å²) in [4.78, 5) is 10.5. The molecule has 0 spiro atoms. The van der Waals surface area contributed by atoms with Gasteiger partial charge in [0.2, 0.25) is 10.0 Å². The topological polar surface area (TPSA) is 95.1 Å². The van der Waals surface area contributed by atoms with Gasteiger partial charge in [-0.2, -0.15) is 9.40 Å². The second kappa shape index (κ2) is 5.17. The van der Waals surface area contributed by atoms with Crippen LogP contribution in [-0.2, 0) is 10.0 Å². The number of aromatic nitrogens is 4. The van der Waals surface area contributed by atoms with Gasteiger partial charge < -0.3 is 4.90 Å². The van der Waals surface area contributed by atoms with Gasteiger partial charge in [-0.15, -0.1) is 0 Å². The summed E-state index contributed by atoms with van der Waals surface area (Å²) >= 11 is 0. The molecule has 9 heteroatoms. The van der Waals surface area contributed by atoms with Gasteiger partial charge in [0.25, 0.3) is 0 Å². The van der Waals surface area contributed by atoms with Gasteiger partial charge in [-0.3, -0.25) is 10.1 Å². The fourth-order valence-corrected chi connectivity index (χ4v) is 3.47. The Hall–Kier alpha value is -2.00. The Bertz CT molecular complexity index is 649. The van der Waals surface area contributed by atoms with Crippen molar-refractivity contribution in [2.24, 2.45) is 0 Å². The number of sulfonamides is 1. The Morgan fingerprint density at radius 2 is 1.90 bits per heavy atom. The zero-order valence-corrected chi connectivity index (χ0v) is 11.5. The lowest BCUT2D eigenvalue weighted by atomic mass is 10.3. The van der Waals surface area contributed by atoms with Crippen LogP contribution in [0.4, 0.5) is 5.82 Å². The van der Waals surface area contributed by atoms with Crippen LogP contribution in [0.2, 0.25) is 0 Å². The first-order chi connectivity index (χ1) is 9.68. The van der Waals surface area contributed by atoms with Gasteiger partial charge >= 0.3 is 0 Å². The summed E-state index contributed by atoms with van der Waals surface area (Å²) < 4.78 is 26.1. The predicted molar refractivity (Wildman–Crippen MR) is 71.6 cm³/mol. The molecule has 1 fully saturated rings. The van der Waals surface area contributed by atoms with Crippen molar-refractivity contribution in [3.8, 4) is 0 Å². The molecule has 3 heterocycles. The number of nitrogens with one attached hydrogen (secondary N) is 1. The number of anilines is 1. The molecule has 1 aliphatic rings. The van der Waals surface area contributed by atoms with Crippen LogP contribution in [0.15, 0.2) is 35.9 Å². The smallest absolute Gasteiger partial charge is 0.246 e. The summed E-state index contributed by atoms with van der Waals surface area (Å²) in [6.07, 6.45) is 7.64. The van der Waals surface area contributed by atoms with Crippen molar-refractivity contribution in [1.82, 2.24) is 24.5 Å². The van der Waals surface area contributed by atoms with E-state index in [1.54, 1.807) is 18.6 Å². The number of aromatic amines is 1. The lowest BCUT2D eigenvalue weighted by molar-refractivity contribution is 0.383. The summed E-state index contributed by atoms with van der Waals surface area (Å²) in [5.74, 6) is 0.771. The molecule has 0 saturated carbocycles. The lowest BCUT2D eigenvalue weighted by Gasteiger charge is -2.34. The first-order valence-electron chi connectivity index (χ1n) is 6.18. The molecule has 0 unspecified atom stereocenters. The maximum Gasteiger partial charge on any atom is 0.246 e. The minimum atomic E-state index is -3.45. The lowest BCUT2D eigenvalue weighted by Crippen LogP contribution is -2.48. The zero-order valence-electron chi connectivity index (χ0n) is 10.7. The highest BCUT2D eigenvalue weighted by molar-refractivity contribution is 7.89. The highest BCUT2D eigenvalue weighted by Crippen LogP contribution is 2.18. The Morgan fingerprint density at radius 1 is 1.10 bits per heavy atom. The van der Waals surface area contributed by atoms with Crippen molar-refractivity contribution in [1.29, 1.82) is 0 Å². The largest absolute Gasteiger partial charge is 0.353 e. The minimum Gasteiger partial charge on any atom is -0.353 e. The van der Waals surface area contributed by atoms with Crippen LogP contribution in [0.3, 0.4) is 0 Å². The van der Waals surface area contributed by atoms with E-state index in [2.05, 4.69) is 20.2 Å². The number of H-pyrrole nitrogens is 1. The summed E-state index contributed by atoms with van der Waals surface area (Å²) in [7, 11) is -3.45. The molecule has 1 N–H and O–H groups in total. The van der Waals surface area contributed by atoms with Crippen LogP contribution in [-0.4, -0.2) is 59.1 Å². The first kappa shape index (κ1) is 13.0. The van der Waals surface area contributed by atoms with E-state index in [0.29, 0.717) is 26.2 Å². The molecule has 1 saturated heterocycles. The van der Waals surface area contributed by atoms with Crippen LogP contribution < -0.4 is 4.90 Å². The molecule has 0 bridgehead atoms. The van der Waals surface area contributed by atoms with Crippen LogP contribution in [0, 0.1) is 0 Å². The quantitative estimate of drug-likeness (QED) is 0.836. The van der Waals surface area contributed by atoms with Crippen molar-refractivity contribution in [3.63, 3.8) is 0 Å². The van der Waals surface area contributed by atoms with E-state index in [0.717, 1.165) is 5.82 Å². The average Bonchev–Trinajstić information content (AvgIpc) is 3.03. The summed E-state index contributed by atoms with van der Waals surface area (Å²) in [5, 5.41) is 6.21. The molecule has 0 amide bonds. The van der Waals surface area contributed by atoms with E-state index >= 15 is 0 Å². The zero-order chi connectivity index (χ0) is 14.0. The predicted octanol–water partition coefficient (Wildman–Crippen LogP) is -0.289. The Balaban J connectivity index is 1.70. The van der Waals surface area contributed by atoms with Crippen molar-refractivity contribution in [2.45, 2.75) is 4.90 Å². The fourth-order valence-electron chi connectivity index (χ4n) is 2.14. The van der Waals surface area contributed by atoms with Crippen molar-refractivity contribution in [3.05, 3.63) is 31.0 Å². The van der Waals surface area contributed by atoms with Gasteiger partial charge in [-0.05, 0) is 0 Å². The van der Waals surface area contributed by atoms with Gasteiger partial charge in [0.05, 0.1) is 12.4 Å². The molecule has 8 nitrogen and oxygen atoms in total. The van der Waals surface area contributed by atoms with E-state index in [1.165, 1.54) is 16.7 Å². The number of piperazine rings is 1. The molecular formula is C11H14N6O2S. The van der Waals surface area contributed by atoms with Gasteiger partial charge in [0, 0.05) is 44.8 Å². The molecule has 1 aliphatic heterocycles. The van der Waals surface area contributed by atoms with Crippen molar-refractivity contribution in [2.75, 3.05) is 31.1 Å². The highest BCUT2D eigenvalue weighted by Gasteiger charge is 2.29. The van der Waals surface area contributed by atoms with Gasteiger partial charge in [-0.25, -0.2) is 13.4 Å². The molecule has 0 radical (unpaired) electrons. The first-order valence-corrected chi connectivity index (χ1v) is 7.62. The van der Waals surface area contributed by atoms with Crippen molar-refractivity contribution < 1.29 is 8.42 Å². The second-order valence-corrected chi connectivity index (χ2v) is 6.33. The number of hydrogen-bond acceptors (Lipinski definition) is 6. The third-order valence-electron chi connectivity index (χ3n) is 3.22. The third kappa shape index (κ3) is 2.37. The summed E-state index contributed by atoms with van der Waals surface area (Å²) in [6.45, 7) is 2.03. The Morgan fingerprint density at radius 3 is 2.50 bits per heavy atom. The standard InChI is InChI=1S/C11H14N6O2S/c18-20(19,10-7-14-15-8-10)17-5-3-16(4-6-17)11-9-12-1-2-13-11/h1-2,7-9H,3-6H2,(H,14,15). The number of nitrogens with zero attached hydrogens (tertiary/aromatic N) is 5. The maximum atomic E-state index is 12.3. The van der Waals surface area contributed by atoms with Gasteiger partial charge in [0.15, 0.2) is 0 Å². The summed E-state index contributed by atoms with van der Waals surface area (Å²) in [6, 6.07) is 0. The molecule has 106 valence electrons. The average molecular weight is 294 g/mol. The van der Waals surface area contributed by atoms with E-state index in [1.807, 2.05) is 4.90 Å². The molecule has 20 heavy (non-hydrogen) atoms. The molecule has 0 aliphatic carbocycles. The van der Waals surface area contributed by atoms with Crippen LogP contribution in [0.25, 0.3) is 0 Å². The molecule has 0 atom stereocenters. The Kier molecular flexibility index (Phi) is 3.36. The molecule has 2 aromatic rings. The molecule has 0 aromatic carbocycles. The van der Waals surface area contributed by atoms with E-state index < -0.39 is 10.0 Å². The monoisotopic (exact) mass is 294 g/mol. The highest BCUT2D eigenvalue weighted by atomic mass is 32.2. The van der Waals surface area contributed by atoms with Crippen LogP contribution in [0.5, 0.6) is 0 Å². The number of rotatable bonds is 3. The normalized spacial score (nSPS) is 17.3. The fraction of sp³-hybridized carbons (Fsp3) is 0.364. The molecular weight excluding hydrogens is 280 g/mol. The van der Waals surface area contributed by atoms with Crippen LogP contribution in [0.1, 0.15) is 0 Å².